The molecule has 2 amide bonds. The van der Waals surface area contributed by atoms with Gasteiger partial charge in [0.2, 0.25) is 12.7 Å². The highest BCUT2D eigenvalue weighted by Gasteiger charge is 2.33. The van der Waals surface area contributed by atoms with Gasteiger partial charge < -0.3 is 29.5 Å². The lowest BCUT2D eigenvalue weighted by Crippen LogP contribution is -2.43. The molecule has 9 heteroatoms. The summed E-state index contributed by atoms with van der Waals surface area (Å²) >= 11 is 6.12. The second-order valence-electron chi connectivity index (χ2n) is 8.43. The second kappa shape index (κ2) is 12.5. The summed E-state index contributed by atoms with van der Waals surface area (Å²) < 4.78 is 16.3. The number of benzene rings is 3. The number of carbonyl (C=O) groups excluding carboxylic acids is 2. The Labute approximate surface area is 220 Å². The fraction of sp³-hybridized carbons (Fsp3) is 0.286. The Kier molecular flexibility index (Phi) is 8.87. The molecule has 0 radical (unpaired) electrons. The number of nitrogens with one attached hydrogen (secondary N) is 1. The van der Waals surface area contributed by atoms with Crippen molar-refractivity contribution in [2.75, 3.05) is 26.6 Å². The van der Waals surface area contributed by atoms with Crippen LogP contribution in [0.5, 0.6) is 17.2 Å². The van der Waals surface area contributed by atoms with Gasteiger partial charge in [0.1, 0.15) is 11.8 Å². The van der Waals surface area contributed by atoms with Gasteiger partial charge in [-0.3, -0.25) is 9.59 Å². The molecule has 0 saturated heterocycles. The minimum absolute atomic E-state index is 0.0729. The van der Waals surface area contributed by atoms with Crippen LogP contribution >= 0.6 is 11.6 Å². The standard InChI is InChI=1S/C28H29ClN2O6/c1-2-35-15-5-14-30-27(33)26(20-9-11-21(29)12-10-20)31(28(34)22-6-3-4-7-23(22)32)17-19-8-13-24-25(16-19)37-18-36-24/h3-4,6-13,16,26,32H,2,5,14-15,17-18H2,1H3,(H,30,33). The molecule has 0 fully saturated rings. The van der Waals surface area contributed by atoms with E-state index in [1.807, 2.05) is 13.0 Å². The summed E-state index contributed by atoms with van der Waals surface area (Å²) in [6.45, 7) is 3.60. The first kappa shape index (κ1) is 26.3. The zero-order valence-electron chi connectivity index (χ0n) is 20.5. The lowest BCUT2D eigenvalue weighted by atomic mass is 10.0. The van der Waals surface area contributed by atoms with Gasteiger partial charge in [-0.25, -0.2) is 0 Å². The fourth-order valence-corrected chi connectivity index (χ4v) is 4.20. The molecular formula is C28H29ClN2O6. The van der Waals surface area contributed by atoms with Crippen LogP contribution in [0.25, 0.3) is 0 Å². The third-order valence-electron chi connectivity index (χ3n) is 5.90. The van der Waals surface area contributed by atoms with E-state index in [0.717, 1.165) is 5.56 Å². The number of amides is 2. The number of hydrogen-bond acceptors (Lipinski definition) is 6. The summed E-state index contributed by atoms with van der Waals surface area (Å²) in [6, 6.07) is 17.4. The molecule has 1 heterocycles. The van der Waals surface area contributed by atoms with Gasteiger partial charge in [-0.15, -0.1) is 0 Å². The molecule has 3 aromatic carbocycles. The van der Waals surface area contributed by atoms with Gasteiger partial charge in [0.15, 0.2) is 11.5 Å². The summed E-state index contributed by atoms with van der Waals surface area (Å²) in [7, 11) is 0. The zero-order chi connectivity index (χ0) is 26.2. The molecule has 37 heavy (non-hydrogen) atoms. The van der Waals surface area contributed by atoms with Crippen molar-refractivity contribution >= 4 is 23.4 Å². The number of halogens is 1. The number of para-hydroxylation sites is 1. The van der Waals surface area contributed by atoms with E-state index in [9.17, 15) is 14.7 Å². The van der Waals surface area contributed by atoms with Crippen LogP contribution in [0, 0.1) is 0 Å². The first-order chi connectivity index (χ1) is 18.0. The minimum Gasteiger partial charge on any atom is -0.507 e. The van der Waals surface area contributed by atoms with E-state index in [-0.39, 0.29) is 30.6 Å². The van der Waals surface area contributed by atoms with Crippen LogP contribution in [0.4, 0.5) is 0 Å². The van der Waals surface area contributed by atoms with Crippen molar-refractivity contribution < 1.29 is 28.9 Å². The molecule has 194 valence electrons. The van der Waals surface area contributed by atoms with E-state index >= 15 is 0 Å². The Morgan fingerprint density at radius 2 is 1.84 bits per heavy atom. The van der Waals surface area contributed by atoms with Gasteiger partial charge in [-0.1, -0.05) is 41.9 Å². The monoisotopic (exact) mass is 524 g/mol. The van der Waals surface area contributed by atoms with Crippen LogP contribution < -0.4 is 14.8 Å². The number of rotatable bonds is 11. The molecule has 1 aliphatic rings. The molecule has 1 atom stereocenters. The van der Waals surface area contributed by atoms with Crippen molar-refractivity contribution in [1.29, 1.82) is 0 Å². The van der Waals surface area contributed by atoms with E-state index in [1.165, 1.54) is 17.0 Å². The maximum Gasteiger partial charge on any atom is 0.258 e. The highest BCUT2D eigenvalue weighted by molar-refractivity contribution is 6.30. The van der Waals surface area contributed by atoms with Crippen molar-refractivity contribution in [3.05, 3.63) is 88.4 Å². The quantitative estimate of drug-likeness (QED) is 0.353. The number of fused-ring (bicyclic) bond motifs is 1. The number of carbonyl (C=O) groups is 2. The van der Waals surface area contributed by atoms with Crippen LogP contribution in [0.15, 0.2) is 66.7 Å². The Bertz CT molecular complexity index is 1230. The largest absolute Gasteiger partial charge is 0.507 e. The summed E-state index contributed by atoms with van der Waals surface area (Å²) in [5.41, 5.74) is 1.40. The Balaban J connectivity index is 1.71. The molecule has 1 aliphatic heterocycles. The summed E-state index contributed by atoms with van der Waals surface area (Å²) in [6.07, 6.45) is 0.627. The SMILES string of the molecule is CCOCCCNC(=O)C(c1ccc(Cl)cc1)N(Cc1ccc2c(c1)OCO2)C(=O)c1ccccc1O. The van der Waals surface area contributed by atoms with Crippen LogP contribution in [-0.4, -0.2) is 48.4 Å². The predicted molar refractivity (Wildman–Crippen MR) is 139 cm³/mol. The molecule has 3 aromatic rings. The highest BCUT2D eigenvalue weighted by Crippen LogP contribution is 2.35. The summed E-state index contributed by atoms with van der Waals surface area (Å²) in [5.74, 6) is 0.151. The Morgan fingerprint density at radius 1 is 1.08 bits per heavy atom. The maximum absolute atomic E-state index is 13.9. The van der Waals surface area contributed by atoms with E-state index in [0.29, 0.717) is 48.3 Å². The predicted octanol–water partition coefficient (Wildman–Crippen LogP) is 4.70. The number of ether oxygens (including phenoxy) is 3. The van der Waals surface area contributed by atoms with Crippen molar-refractivity contribution in [2.24, 2.45) is 0 Å². The molecule has 1 unspecified atom stereocenters. The molecular weight excluding hydrogens is 496 g/mol. The molecule has 0 aromatic heterocycles. The molecule has 2 N–H and O–H groups in total. The van der Waals surface area contributed by atoms with Crippen molar-refractivity contribution in [1.82, 2.24) is 10.2 Å². The van der Waals surface area contributed by atoms with Gasteiger partial charge in [0.05, 0.1) is 5.56 Å². The fourth-order valence-electron chi connectivity index (χ4n) is 4.07. The van der Waals surface area contributed by atoms with Gasteiger partial charge >= 0.3 is 0 Å². The maximum atomic E-state index is 13.9. The van der Waals surface area contributed by atoms with E-state index < -0.39 is 11.9 Å². The summed E-state index contributed by atoms with van der Waals surface area (Å²) in [4.78, 5) is 28.9. The van der Waals surface area contributed by atoms with Gasteiger partial charge in [-0.05, 0) is 60.9 Å². The topological polar surface area (TPSA) is 97.3 Å². The van der Waals surface area contributed by atoms with E-state index in [1.54, 1.807) is 48.5 Å². The number of nitrogens with zero attached hydrogens (tertiary/aromatic N) is 1. The smallest absolute Gasteiger partial charge is 0.258 e. The van der Waals surface area contributed by atoms with E-state index in [4.69, 9.17) is 25.8 Å². The first-order valence-corrected chi connectivity index (χ1v) is 12.4. The average molecular weight is 525 g/mol. The van der Waals surface area contributed by atoms with Crippen LogP contribution in [0.2, 0.25) is 5.02 Å². The van der Waals surface area contributed by atoms with Crippen LogP contribution in [0.3, 0.4) is 0 Å². The number of hydrogen-bond donors (Lipinski definition) is 2. The molecule has 0 spiro atoms. The van der Waals surface area contributed by atoms with E-state index in [2.05, 4.69) is 5.32 Å². The average Bonchev–Trinajstić information content (AvgIpc) is 3.37. The number of phenols is 1. The molecule has 0 bridgehead atoms. The van der Waals surface area contributed by atoms with Crippen molar-refractivity contribution in [2.45, 2.75) is 25.9 Å². The third kappa shape index (κ3) is 6.53. The van der Waals surface area contributed by atoms with Crippen LogP contribution in [-0.2, 0) is 16.1 Å². The van der Waals surface area contributed by atoms with Crippen molar-refractivity contribution in [3.63, 3.8) is 0 Å². The van der Waals surface area contributed by atoms with Crippen molar-refractivity contribution in [3.8, 4) is 17.2 Å². The Hall–Kier alpha value is -3.75. The number of aromatic hydroxyl groups is 1. The van der Waals surface area contributed by atoms with Gasteiger partial charge in [-0.2, -0.15) is 0 Å². The highest BCUT2D eigenvalue weighted by atomic mass is 35.5. The lowest BCUT2D eigenvalue weighted by Gasteiger charge is -2.32. The van der Waals surface area contributed by atoms with Gasteiger partial charge in [0, 0.05) is 31.3 Å². The molecule has 4 rings (SSSR count). The minimum atomic E-state index is -0.998. The second-order valence-corrected chi connectivity index (χ2v) is 8.87. The molecule has 8 nitrogen and oxygen atoms in total. The zero-order valence-corrected chi connectivity index (χ0v) is 21.2. The lowest BCUT2D eigenvalue weighted by molar-refractivity contribution is -0.126. The Morgan fingerprint density at radius 3 is 2.59 bits per heavy atom. The van der Waals surface area contributed by atoms with Crippen LogP contribution in [0.1, 0.15) is 40.9 Å². The van der Waals surface area contributed by atoms with Gasteiger partial charge in [0.25, 0.3) is 5.91 Å². The molecule has 0 aliphatic carbocycles. The normalized spacial score (nSPS) is 12.7. The third-order valence-corrected chi connectivity index (χ3v) is 6.15. The number of phenolic OH excluding ortho intramolecular Hbond substituents is 1. The molecule has 0 saturated carbocycles. The first-order valence-electron chi connectivity index (χ1n) is 12.1. The summed E-state index contributed by atoms with van der Waals surface area (Å²) in [5, 5.41) is 13.9.